The van der Waals surface area contributed by atoms with Crippen molar-refractivity contribution in [3.8, 4) is 6.07 Å². The van der Waals surface area contributed by atoms with E-state index >= 15 is 0 Å². The van der Waals surface area contributed by atoms with Gasteiger partial charge in [0.05, 0.1) is 11.5 Å². The van der Waals surface area contributed by atoms with Crippen LogP contribution in [0.5, 0.6) is 0 Å². The first-order valence-corrected chi connectivity index (χ1v) is 6.65. The zero-order chi connectivity index (χ0) is 13.8. The zero-order valence-electron chi connectivity index (χ0n) is 9.96. The number of carbonyl (C=O) groups excluding carboxylic acids is 2. The summed E-state index contributed by atoms with van der Waals surface area (Å²) >= 11 is 1.24. The third-order valence-corrected chi connectivity index (χ3v) is 3.92. The fourth-order valence-electron chi connectivity index (χ4n) is 2.06. The number of hydrogen-bond acceptors (Lipinski definition) is 5. The van der Waals surface area contributed by atoms with Crippen molar-refractivity contribution in [3.05, 3.63) is 29.2 Å². The molecule has 0 radical (unpaired) electrons. The number of amides is 1. The quantitative estimate of drug-likeness (QED) is 0.829. The number of carbonyl (C=O) groups is 2. The van der Waals surface area contributed by atoms with Crippen LogP contribution in [0.15, 0.2) is 23.6 Å². The molecule has 1 aromatic heterocycles. The first-order chi connectivity index (χ1) is 9.13. The molecule has 0 aromatic carbocycles. The molecule has 0 bridgehead atoms. The monoisotopic (exact) mass is 275 g/mol. The van der Waals surface area contributed by atoms with Gasteiger partial charge in [0.1, 0.15) is 11.1 Å². The van der Waals surface area contributed by atoms with Crippen molar-refractivity contribution in [2.45, 2.75) is 12.8 Å². The third kappa shape index (κ3) is 2.83. The summed E-state index contributed by atoms with van der Waals surface area (Å²) in [5.41, 5.74) is 0.384. The number of thiophene rings is 1. The lowest BCUT2D eigenvalue weighted by molar-refractivity contribution is -0.313. The van der Waals surface area contributed by atoms with Gasteiger partial charge in [0.25, 0.3) is 0 Å². The molecule has 1 aliphatic rings. The minimum Gasteiger partial charge on any atom is -0.550 e. The summed E-state index contributed by atoms with van der Waals surface area (Å²) in [5, 5.41) is 24.7. The van der Waals surface area contributed by atoms with Crippen molar-refractivity contribution in [3.63, 3.8) is 0 Å². The topological polar surface area (TPSA) is 93.0 Å². The maximum Gasteiger partial charge on any atom is 0.229 e. The van der Waals surface area contributed by atoms with Crippen molar-refractivity contribution in [1.82, 2.24) is 0 Å². The summed E-state index contributed by atoms with van der Waals surface area (Å²) in [7, 11) is 0. The average Bonchev–Trinajstić information content (AvgIpc) is 2.85. The molecule has 1 aliphatic carbocycles. The highest BCUT2D eigenvalue weighted by atomic mass is 32.1. The van der Waals surface area contributed by atoms with Gasteiger partial charge in [-0.05, 0) is 24.3 Å². The van der Waals surface area contributed by atoms with Crippen molar-refractivity contribution < 1.29 is 14.7 Å². The van der Waals surface area contributed by atoms with E-state index in [9.17, 15) is 14.7 Å². The third-order valence-electron chi connectivity index (χ3n) is 3.09. The summed E-state index contributed by atoms with van der Waals surface area (Å²) < 4.78 is 0. The maximum absolute atomic E-state index is 12.1. The van der Waals surface area contributed by atoms with Crippen LogP contribution in [0, 0.1) is 23.2 Å². The fourth-order valence-corrected chi connectivity index (χ4v) is 2.80. The van der Waals surface area contributed by atoms with Gasteiger partial charge in [0.15, 0.2) is 0 Å². The Morgan fingerprint density at radius 1 is 1.37 bits per heavy atom. The molecule has 19 heavy (non-hydrogen) atoms. The Labute approximate surface area is 114 Å². The van der Waals surface area contributed by atoms with Gasteiger partial charge in [-0.15, -0.1) is 11.3 Å². The molecule has 1 amide bonds. The lowest BCUT2D eigenvalue weighted by atomic mass is 9.82. The molecule has 2 atom stereocenters. The van der Waals surface area contributed by atoms with E-state index < -0.39 is 17.8 Å². The normalized spacial score (nSPS) is 21.6. The van der Waals surface area contributed by atoms with Crippen molar-refractivity contribution in [1.29, 1.82) is 5.26 Å². The number of carboxylic acid groups (broad SMARTS) is 1. The summed E-state index contributed by atoms with van der Waals surface area (Å²) in [4.78, 5) is 23.1. The average molecular weight is 275 g/mol. The van der Waals surface area contributed by atoms with Crippen molar-refractivity contribution in [2.75, 3.05) is 5.32 Å². The molecule has 0 saturated heterocycles. The number of carboxylic acids is 1. The van der Waals surface area contributed by atoms with Crippen molar-refractivity contribution >= 4 is 28.2 Å². The zero-order valence-corrected chi connectivity index (χ0v) is 10.8. The van der Waals surface area contributed by atoms with Gasteiger partial charge < -0.3 is 15.2 Å². The molecule has 0 saturated carbocycles. The molecule has 0 fully saturated rings. The highest BCUT2D eigenvalue weighted by Gasteiger charge is 2.30. The van der Waals surface area contributed by atoms with E-state index in [2.05, 4.69) is 5.32 Å². The lowest BCUT2D eigenvalue weighted by Crippen LogP contribution is -2.41. The van der Waals surface area contributed by atoms with Crippen molar-refractivity contribution in [2.24, 2.45) is 11.8 Å². The highest BCUT2D eigenvalue weighted by Crippen LogP contribution is 2.28. The Kier molecular flexibility index (Phi) is 3.97. The van der Waals surface area contributed by atoms with Gasteiger partial charge in [-0.2, -0.15) is 5.26 Å². The fraction of sp³-hybridized carbons (Fsp3) is 0.308. The van der Waals surface area contributed by atoms with E-state index in [4.69, 9.17) is 5.26 Å². The summed E-state index contributed by atoms with van der Waals surface area (Å²) in [6, 6.07) is 3.58. The molecule has 98 valence electrons. The van der Waals surface area contributed by atoms with Crippen LogP contribution in [0.1, 0.15) is 18.4 Å². The van der Waals surface area contributed by atoms with Crippen LogP contribution in [0.3, 0.4) is 0 Å². The summed E-state index contributed by atoms with van der Waals surface area (Å²) in [5.74, 6) is -3.05. The largest absolute Gasteiger partial charge is 0.550 e. The molecular weight excluding hydrogens is 264 g/mol. The first-order valence-electron chi connectivity index (χ1n) is 5.77. The Hall–Kier alpha value is -2.13. The molecule has 0 unspecified atom stereocenters. The standard InChI is InChI=1S/C13H12N2O3S/c14-7-8-5-6-19-12(8)15-11(16)9-3-1-2-4-10(9)13(17)18/h1-2,5-6,9-10H,3-4H2,(H,15,16)(H,17,18)/p-1/t9-,10-/m0/s1. The number of allylic oxidation sites excluding steroid dienone is 2. The molecule has 1 N–H and O–H groups in total. The predicted molar refractivity (Wildman–Crippen MR) is 68.0 cm³/mol. The number of nitrogens with zero attached hydrogens (tertiary/aromatic N) is 1. The molecule has 1 aromatic rings. The van der Waals surface area contributed by atoms with E-state index in [-0.39, 0.29) is 5.91 Å². The molecular formula is C13H11N2O3S-. The SMILES string of the molecule is N#Cc1ccsc1NC(=O)[C@H]1CC=CC[C@@H]1C(=O)[O-]. The van der Waals surface area contributed by atoms with Crippen LogP contribution < -0.4 is 10.4 Å². The molecule has 2 rings (SSSR count). The van der Waals surface area contributed by atoms with Gasteiger partial charge in [-0.3, -0.25) is 4.79 Å². The minimum atomic E-state index is -1.21. The molecule has 0 aliphatic heterocycles. The molecule has 0 spiro atoms. The minimum absolute atomic E-state index is 0.302. The Morgan fingerprint density at radius 3 is 2.68 bits per heavy atom. The molecule has 5 nitrogen and oxygen atoms in total. The number of nitriles is 1. The predicted octanol–water partition coefficient (Wildman–Crippen LogP) is 0.891. The Bertz CT molecular complexity index is 571. The van der Waals surface area contributed by atoms with E-state index in [1.54, 1.807) is 23.6 Å². The highest BCUT2D eigenvalue weighted by molar-refractivity contribution is 7.14. The van der Waals surface area contributed by atoms with Gasteiger partial charge in [0, 0.05) is 11.9 Å². The molecule has 6 heteroatoms. The van der Waals surface area contributed by atoms with Gasteiger partial charge in [-0.25, -0.2) is 0 Å². The van der Waals surface area contributed by atoms with Crippen LogP contribution in [0.4, 0.5) is 5.00 Å². The van der Waals surface area contributed by atoms with E-state index in [0.717, 1.165) is 0 Å². The Balaban J connectivity index is 2.13. The molecule has 1 heterocycles. The first kappa shape index (κ1) is 13.3. The number of rotatable bonds is 3. The maximum atomic E-state index is 12.1. The number of nitrogens with one attached hydrogen (secondary N) is 1. The van der Waals surface area contributed by atoms with Crippen LogP contribution in [0.2, 0.25) is 0 Å². The van der Waals surface area contributed by atoms with Crippen LogP contribution in [-0.4, -0.2) is 11.9 Å². The smallest absolute Gasteiger partial charge is 0.229 e. The van der Waals surface area contributed by atoms with Gasteiger partial charge in [-0.1, -0.05) is 12.2 Å². The second kappa shape index (κ2) is 5.67. The van der Waals surface area contributed by atoms with Crippen LogP contribution >= 0.6 is 11.3 Å². The van der Waals surface area contributed by atoms with E-state index in [1.807, 2.05) is 6.07 Å². The Morgan fingerprint density at radius 2 is 2.05 bits per heavy atom. The second-order valence-electron chi connectivity index (χ2n) is 4.24. The number of aliphatic carboxylic acids is 1. The summed E-state index contributed by atoms with van der Waals surface area (Å²) in [6.07, 6.45) is 4.22. The lowest BCUT2D eigenvalue weighted by Gasteiger charge is -2.28. The van der Waals surface area contributed by atoms with E-state index in [1.165, 1.54) is 11.3 Å². The van der Waals surface area contributed by atoms with Gasteiger partial charge >= 0.3 is 0 Å². The van der Waals surface area contributed by atoms with E-state index in [0.29, 0.717) is 23.4 Å². The number of anilines is 1. The van der Waals surface area contributed by atoms with Crippen LogP contribution in [0.25, 0.3) is 0 Å². The van der Waals surface area contributed by atoms with Gasteiger partial charge in [0.2, 0.25) is 5.91 Å². The second-order valence-corrected chi connectivity index (χ2v) is 5.16. The van der Waals surface area contributed by atoms with Crippen LogP contribution in [-0.2, 0) is 9.59 Å². The summed E-state index contributed by atoms with van der Waals surface area (Å²) in [6.45, 7) is 0. The number of hydrogen-bond donors (Lipinski definition) is 1.